The molecule has 4 amide bonds. The molecule has 3 N–H and O–H groups in total. The van der Waals surface area contributed by atoms with E-state index in [2.05, 4.69) is 16.0 Å². The normalized spacial score (nSPS) is 12.4. The van der Waals surface area contributed by atoms with Gasteiger partial charge >= 0.3 is 18.1 Å². The molecule has 1 aromatic rings. The van der Waals surface area contributed by atoms with Crippen LogP contribution in [0.25, 0.3) is 0 Å². The van der Waals surface area contributed by atoms with Crippen LogP contribution in [0.1, 0.15) is 58.8 Å². The number of hydrogen-bond acceptors (Lipinski definition) is 6. The van der Waals surface area contributed by atoms with Gasteiger partial charge in [0.2, 0.25) is 0 Å². The lowest BCUT2D eigenvalue weighted by atomic mass is 10.1. The Hall–Kier alpha value is -3.10. The zero-order chi connectivity index (χ0) is 22.4. The predicted octanol–water partition coefficient (Wildman–Crippen LogP) is 3.20. The van der Waals surface area contributed by atoms with Gasteiger partial charge in [-0.15, -0.1) is 0 Å². The molecule has 29 heavy (non-hydrogen) atoms. The minimum absolute atomic E-state index is 0.123. The summed E-state index contributed by atoms with van der Waals surface area (Å²) < 4.78 is 10.2. The largest absolute Gasteiger partial charge is 0.449 e. The Kier molecular flexibility index (Phi) is 7.76. The van der Waals surface area contributed by atoms with Gasteiger partial charge in [0.05, 0.1) is 5.56 Å². The summed E-state index contributed by atoms with van der Waals surface area (Å²) >= 11 is 0. The van der Waals surface area contributed by atoms with Gasteiger partial charge in [0, 0.05) is 11.2 Å². The molecule has 0 aliphatic rings. The van der Waals surface area contributed by atoms with Crippen LogP contribution in [0.5, 0.6) is 0 Å². The van der Waals surface area contributed by atoms with Crippen molar-refractivity contribution in [3.63, 3.8) is 0 Å². The van der Waals surface area contributed by atoms with Crippen molar-refractivity contribution < 1.29 is 28.7 Å². The number of urea groups is 1. The molecule has 0 heterocycles. The molecule has 1 rings (SSSR count). The number of esters is 1. The topological polar surface area (TPSA) is 123 Å². The number of benzene rings is 1. The number of amides is 4. The zero-order valence-electron chi connectivity index (χ0n) is 17.8. The van der Waals surface area contributed by atoms with Gasteiger partial charge in [0.15, 0.2) is 6.10 Å². The summed E-state index contributed by atoms with van der Waals surface area (Å²) in [5, 5.41) is 7.20. The number of ether oxygens (including phenoxy) is 2. The molecule has 0 aliphatic heterocycles. The van der Waals surface area contributed by atoms with Crippen molar-refractivity contribution in [2.75, 3.05) is 5.32 Å². The van der Waals surface area contributed by atoms with Crippen molar-refractivity contribution in [3.8, 4) is 0 Å². The highest BCUT2D eigenvalue weighted by Gasteiger charge is 2.23. The highest BCUT2D eigenvalue weighted by molar-refractivity contribution is 5.99. The number of nitrogens with one attached hydrogen (secondary N) is 3. The van der Waals surface area contributed by atoms with E-state index in [1.165, 1.54) is 19.1 Å². The number of carbonyl (C=O) groups is 4. The third kappa shape index (κ3) is 9.59. The quantitative estimate of drug-likeness (QED) is 0.659. The molecular weight excluding hydrogens is 378 g/mol. The van der Waals surface area contributed by atoms with Crippen molar-refractivity contribution in [1.29, 1.82) is 0 Å². The molecule has 0 unspecified atom stereocenters. The van der Waals surface area contributed by atoms with Crippen LogP contribution in [-0.2, 0) is 14.3 Å². The fourth-order valence-corrected chi connectivity index (χ4v) is 2.01. The number of rotatable bonds is 4. The van der Waals surface area contributed by atoms with Crippen LogP contribution >= 0.6 is 0 Å². The molecule has 0 aliphatic carbocycles. The fourth-order valence-electron chi connectivity index (χ4n) is 2.01. The molecule has 9 heteroatoms. The Labute approximate surface area is 170 Å². The Morgan fingerprint density at radius 3 is 2.17 bits per heavy atom. The van der Waals surface area contributed by atoms with E-state index in [4.69, 9.17) is 9.47 Å². The molecule has 0 saturated heterocycles. The second-order valence-electron chi connectivity index (χ2n) is 8.45. The molecule has 0 radical (unpaired) electrons. The van der Waals surface area contributed by atoms with Gasteiger partial charge in [-0.1, -0.05) is 6.07 Å². The molecular formula is C20H29N3O6. The van der Waals surface area contributed by atoms with Crippen LogP contribution in [0, 0.1) is 0 Å². The molecule has 1 atom stereocenters. The Morgan fingerprint density at radius 1 is 1.00 bits per heavy atom. The standard InChI is InChI=1S/C20H29N3O6/c1-12(15(24)22-17(26)23-19(2,3)4)28-16(25)13-9-8-10-14(11-13)21-18(27)29-20(5,6)7/h8-12H,1-7H3,(H,21,27)(H2,22,23,24,26)/t12-/m0/s1. The lowest BCUT2D eigenvalue weighted by molar-refractivity contribution is -0.127. The second kappa shape index (κ2) is 9.40. The molecule has 0 fully saturated rings. The lowest BCUT2D eigenvalue weighted by Crippen LogP contribution is -2.50. The Bertz CT molecular complexity index is 777. The molecule has 9 nitrogen and oxygen atoms in total. The van der Waals surface area contributed by atoms with E-state index in [1.54, 1.807) is 53.7 Å². The first-order valence-corrected chi connectivity index (χ1v) is 9.10. The maximum Gasteiger partial charge on any atom is 0.412 e. The number of anilines is 1. The van der Waals surface area contributed by atoms with Crippen molar-refractivity contribution >= 4 is 29.7 Å². The molecule has 160 valence electrons. The number of carbonyl (C=O) groups excluding carboxylic acids is 4. The monoisotopic (exact) mass is 407 g/mol. The summed E-state index contributed by atoms with van der Waals surface area (Å²) in [6.07, 6.45) is -1.86. The molecule has 1 aromatic carbocycles. The third-order valence-corrected chi connectivity index (χ3v) is 3.12. The SMILES string of the molecule is C[C@H](OC(=O)c1cccc(NC(=O)OC(C)(C)C)c1)C(=O)NC(=O)NC(C)(C)C. The van der Waals surface area contributed by atoms with Gasteiger partial charge in [-0.25, -0.2) is 14.4 Å². The molecule has 0 saturated carbocycles. The van der Waals surface area contributed by atoms with E-state index in [9.17, 15) is 19.2 Å². The van der Waals surface area contributed by atoms with E-state index in [0.717, 1.165) is 0 Å². The minimum atomic E-state index is -1.20. The number of hydrogen-bond donors (Lipinski definition) is 3. The van der Waals surface area contributed by atoms with Crippen molar-refractivity contribution in [3.05, 3.63) is 29.8 Å². The average molecular weight is 407 g/mol. The van der Waals surface area contributed by atoms with Gasteiger partial charge in [0.1, 0.15) is 5.60 Å². The van der Waals surface area contributed by atoms with Crippen molar-refractivity contribution in [2.24, 2.45) is 0 Å². The van der Waals surface area contributed by atoms with E-state index >= 15 is 0 Å². The minimum Gasteiger partial charge on any atom is -0.449 e. The van der Waals surface area contributed by atoms with Gasteiger partial charge in [0.25, 0.3) is 5.91 Å². The number of imide groups is 1. The maximum absolute atomic E-state index is 12.3. The summed E-state index contributed by atoms with van der Waals surface area (Å²) in [4.78, 5) is 47.9. The van der Waals surface area contributed by atoms with Crippen LogP contribution in [0.15, 0.2) is 24.3 Å². The first-order valence-electron chi connectivity index (χ1n) is 9.10. The van der Waals surface area contributed by atoms with Crippen LogP contribution < -0.4 is 16.0 Å². The summed E-state index contributed by atoms with van der Waals surface area (Å²) in [6, 6.07) is 5.30. The summed E-state index contributed by atoms with van der Waals surface area (Å²) in [5.74, 6) is -1.54. The van der Waals surface area contributed by atoms with Crippen molar-refractivity contribution in [2.45, 2.75) is 65.7 Å². The van der Waals surface area contributed by atoms with Gasteiger partial charge in [-0.2, -0.15) is 0 Å². The first kappa shape index (κ1) is 23.9. The third-order valence-electron chi connectivity index (χ3n) is 3.12. The lowest BCUT2D eigenvalue weighted by Gasteiger charge is -2.21. The van der Waals surface area contributed by atoms with E-state index in [1.807, 2.05) is 0 Å². The van der Waals surface area contributed by atoms with Gasteiger partial charge in [-0.05, 0) is 66.7 Å². The first-order chi connectivity index (χ1) is 13.2. The van der Waals surface area contributed by atoms with Crippen LogP contribution in [0.4, 0.5) is 15.3 Å². The fraction of sp³-hybridized carbons (Fsp3) is 0.500. The molecule has 0 spiro atoms. The van der Waals surface area contributed by atoms with E-state index in [0.29, 0.717) is 5.69 Å². The van der Waals surface area contributed by atoms with Crippen LogP contribution in [0.2, 0.25) is 0 Å². The van der Waals surface area contributed by atoms with Crippen molar-refractivity contribution in [1.82, 2.24) is 10.6 Å². The summed E-state index contributed by atoms with van der Waals surface area (Å²) in [5.41, 5.74) is -0.734. The van der Waals surface area contributed by atoms with Crippen LogP contribution in [-0.4, -0.2) is 41.2 Å². The van der Waals surface area contributed by atoms with Crippen LogP contribution in [0.3, 0.4) is 0 Å². The Morgan fingerprint density at radius 2 is 1.62 bits per heavy atom. The average Bonchev–Trinajstić information content (AvgIpc) is 2.51. The molecule has 0 aromatic heterocycles. The second-order valence-corrected chi connectivity index (χ2v) is 8.45. The Balaban J connectivity index is 2.68. The summed E-state index contributed by atoms with van der Waals surface area (Å²) in [7, 11) is 0. The highest BCUT2D eigenvalue weighted by atomic mass is 16.6. The smallest absolute Gasteiger partial charge is 0.412 e. The van der Waals surface area contributed by atoms with Gasteiger partial charge < -0.3 is 14.8 Å². The van der Waals surface area contributed by atoms with E-state index < -0.39 is 41.2 Å². The zero-order valence-corrected chi connectivity index (χ0v) is 17.8. The van der Waals surface area contributed by atoms with Gasteiger partial charge in [-0.3, -0.25) is 15.4 Å². The molecule has 0 bridgehead atoms. The van der Waals surface area contributed by atoms with E-state index in [-0.39, 0.29) is 5.56 Å². The highest BCUT2D eigenvalue weighted by Crippen LogP contribution is 2.15. The maximum atomic E-state index is 12.3. The predicted molar refractivity (Wildman–Crippen MR) is 108 cm³/mol. The summed E-state index contributed by atoms with van der Waals surface area (Å²) in [6.45, 7) is 11.8.